The van der Waals surface area contributed by atoms with Crippen molar-refractivity contribution in [3.63, 3.8) is 0 Å². The second-order valence-electron chi connectivity index (χ2n) is 8.85. The maximum Gasteiger partial charge on any atom is 0.254 e. The fourth-order valence-corrected chi connectivity index (χ4v) is 4.74. The van der Waals surface area contributed by atoms with Crippen molar-refractivity contribution in [3.8, 4) is 17.2 Å². The Hall–Kier alpha value is -3.32. The molecule has 1 fully saturated rings. The Morgan fingerprint density at radius 3 is 2.62 bits per heavy atom. The Kier molecular flexibility index (Phi) is 7.53. The van der Waals surface area contributed by atoms with Gasteiger partial charge in [-0.25, -0.2) is 4.68 Å². The lowest BCUT2D eigenvalue weighted by Gasteiger charge is -2.25. The summed E-state index contributed by atoms with van der Waals surface area (Å²) in [7, 11) is 3.29. The summed E-state index contributed by atoms with van der Waals surface area (Å²) < 4.78 is 12.8. The molecule has 180 valence electrons. The predicted molar refractivity (Wildman–Crippen MR) is 133 cm³/mol. The lowest BCUT2D eigenvalue weighted by molar-refractivity contribution is 0.0952. The van der Waals surface area contributed by atoms with Gasteiger partial charge < -0.3 is 20.1 Å². The number of aryl methyl sites for hydroxylation is 2. The standard InChI is InChI=1S/C27H34N4O3/c1-18-5-7-24(19(2)15-18)31-26(20-9-12-28-13-10-20)23(17-30-31)27(32)29-14-11-21-16-22(33-3)6-8-25(21)34-4/h5-8,15-17,20,28H,9-14H2,1-4H3,(H,29,32). The predicted octanol–water partition coefficient (Wildman–Crippen LogP) is 3.95. The van der Waals surface area contributed by atoms with E-state index in [4.69, 9.17) is 9.47 Å². The first kappa shape index (κ1) is 23.8. The molecule has 0 atom stereocenters. The molecule has 3 aromatic rings. The molecule has 0 radical (unpaired) electrons. The maximum absolute atomic E-state index is 13.3. The second kappa shape index (κ2) is 10.7. The van der Waals surface area contributed by atoms with E-state index in [0.29, 0.717) is 18.5 Å². The van der Waals surface area contributed by atoms with Gasteiger partial charge in [-0.1, -0.05) is 17.7 Å². The third-order valence-electron chi connectivity index (χ3n) is 6.52. The van der Waals surface area contributed by atoms with Crippen LogP contribution in [-0.4, -0.2) is 49.5 Å². The van der Waals surface area contributed by atoms with Gasteiger partial charge in [0.1, 0.15) is 11.5 Å². The van der Waals surface area contributed by atoms with Gasteiger partial charge in [-0.2, -0.15) is 5.10 Å². The number of rotatable bonds is 8. The molecule has 2 heterocycles. The number of nitrogens with one attached hydrogen (secondary N) is 2. The number of piperidine rings is 1. The van der Waals surface area contributed by atoms with Crippen molar-refractivity contribution in [2.45, 2.75) is 39.0 Å². The van der Waals surface area contributed by atoms with Gasteiger partial charge in [-0.15, -0.1) is 0 Å². The number of carbonyl (C=O) groups excluding carboxylic acids is 1. The number of methoxy groups -OCH3 is 2. The van der Waals surface area contributed by atoms with Crippen molar-refractivity contribution in [1.29, 1.82) is 0 Å². The Labute approximate surface area is 201 Å². The van der Waals surface area contributed by atoms with Crippen LogP contribution in [0.5, 0.6) is 11.5 Å². The van der Waals surface area contributed by atoms with Crippen molar-refractivity contribution in [1.82, 2.24) is 20.4 Å². The van der Waals surface area contributed by atoms with Crippen molar-refractivity contribution in [3.05, 3.63) is 70.5 Å². The summed E-state index contributed by atoms with van der Waals surface area (Å²) in [5, 5.41) is 11.2. The molecule has 1 aliphatic heterocycles. The molecule has 7 heteroatoms. The number of hydrogen-bond donors (Lipinski definition) is 2. The van der Waals surface area contributed by atoms with E-state index in [1.54, 1.807) is 20.4 Å². The summed E-state index contributed by atoms with van der Waals surface area (Å²) >= 11 is 0. The number of hydrogen-bond acceptors (Lipinski definition) is 5. The molecule has 0 saturated carbocycles. The van der Waals surface area contributed by atoms with Gasteiger partial charge >= 0.3 is 0 Å². The number of nitrogens with zero attached hydrogens (tertiary/aromatic N) is 2. The third-order valence-corrected chi connectivity index (χ3v) is 6.52. The van der Waals surface area contributed by atoms with E-state index >= 15 is 0 Å². The molecule has 0 bridgehead atoms. The fourth-order valence-electron chi connectivity index (χ4n) is 4.74. The van der Waals surface area contributed by atoms with Crippen LogP contribution in [0.2, 0.25) is 0 Å². The molecular weight excluding hydrogens is 428 g/mol. The minimum absolute atomic E-state index is 0.0913. The molecular formula is C27H34N4O3. The van der Waals surface area contributed by atoms with E-state index in [-0.39, 0.29) is 11.8 Å². The van der Waals surface area contributed by atoms with Gasteiger partial charge in [-0.3, -0.25) is 4.79 Å². The Morgan fingerprint density at radius 1 is 1.12 bits per heavy atom. The first-order chi connectivity index (χ1) is 16.5. The van der Waals surface area contributed by atoms with E-state index in [2.05, 4.69) is 47.8 Å². The van der Waals surface area contributed by atoms with Crippen LogP contribution in [0.25, 0.3) is 5.69 Å². The largest absolute Gasteiger partial charge is 0.497 e. The van der Waals surface area contributed by atoms with E-state index in [9.17, 15) is 4.79 Å². The van der Waals surface area contributed by atoms with Crippen LogP contribution in [0.15, 0.2) is 42.6 Å². The molecule has 1 amide bonds. The van der Waals surface area contributed by atoms with Gasteiger partial charge in [0.15, 0.2) is 0 Å². The normalized spacial score (nSPS) is 14.1. The van der Waals surface area contributed by atoms with Crippen molar-refractivity contribution in [2.75, 3.05) is 33.9 Å². The molecule has 0 aliphatic carbocycles. The van der Waals surface area contributed by atoms with Gasteiger partial charge in [0, 0.05) is 12.5 Å². The van der Waals surface area contributed by atoms with Gasteiger partial charge in [-0.05, 0) is 81.6 Å². The van der Waals surface area contributed by atoms with E-state index in [1.807, 2.05) is 22.9 Å². The van der Waals surface area contributed by atoms with Crippen LogP contribution in [0.1, 0.15) is 51.5 Å². The summed E-state index contributed by atoms with van der Waals surface area (Å²) in [6.07, 6.45) is 4.33. The van der Waals surface area contributed by atoms with Gasteiger partial charge in [0.2, 0.25) is 0 Å². The molecule has 0 spiro atoms. The highest BCUT2D eigenvalue weighted by Crippen LogP contribution is 2.31. The first-order valence-electron chi connectivity index (χ1n) is 11.9. The quantitative estimate of drug-likeness (QED) is 0.530. The lowest BCUT2D eigenvalue weighted by atomic mass is 9.91. The fraction of sp³-hybridized carbons (Fsp3) is 0.407. The molecule has 7 nitrogen and oxygen atoms in total. The van der Waals surface area contributed by atoms with Crippen molar-refractivity contribution in [2.24, 2.45) is 0 Å². The summed E-state index contributed by atoms with van der Waals surface area (Å²) in [5.41, 5.74) is 6.04. The molecule has 34 heavy (non-hydrogen) atoms. The van der Waals surface area contributed by atoms with Crippen LogP contribution in [-0.2, 0) is 6.42 Å². The number of carbonyl (C=O) groups is 1. The molecule has 2 N–H and O–H groups in total. The SMILES string of the molecule is COc1ccc(OC)c(CCNC(=O)c2cnn(-c3ccc(C)cc3C)c2C2CCNCC2)c1. The van der Waals surface area contributed by atoms with E-state index in [0.717, 1.165) is 59.9 Å². The molecule has 4 rings (SSSR count). The first-order valence-corrected chi connectivity index (χ1v) is 11.9. The minimum atomic E-state index is -0.0913. The van der Waals surface area contributed by atoms with Crippen molar-refractivity contribution >= 4 is 5.91 Å². The average molecular weight is 463 g/mol. The van der Waals surface area contributed by atoms with Crippen LogP contribution in [0, 0.1) is 13.8 Å². The van der Waals surface area contributed by atoms with Gasteiger partial charge in [0.25, 0.3) is 5.91 Å². The zero-order valence-electron chi connectivity index (χ0n) is 20.5. The zero-order chi connectivity index (χ0) is 24.1. The van der Waals surface area contributed by atoms with Crippen LogP contribution < -0.4 is 20.1 Å². The smallest absolute Gasteiger partial charge is 0.254 e. The zero-order valence-corrected chi connectivity index (χ0v) is 20.5. The molecule has 1 saturated heterocycles. The monoisotopic (exact) mass is 462 g/mol. The molecule has 1 aromatic heterocycles. The van der Waals surface area contributed by atoms with Crippen LogP contribution in [0.3, 0.4) is 0 Å². The second-order valence-corrected chi connectivity index (χ2v) is 8.85. The van der Waals surface area contributed by atoms with E-state index in [1.165, 1.54) is 5.56 Å². The number of ether oxygens (including phenoxy) is 2. The Bertz CT molecular complexity index is 1150. The summed E-state index contributed by atoms with van der Waals surface area (Å²) in [6.45, 7) is 6.56. The highest BCUT2D eigenvalue weighted by molar-refractivity contribution is 5.95. The average Bonchev–Trinajstić information content (AvgIpc) is 3.29. The maximum atomic E-state index is 13.3. The highest BCUT2D eigenvalue weighted by atomic mass is 16.5. The third kappa shape index (κ3) is 5.09. The van der Waals surface area contributed by atoms with Gasteiger partial charge in [0.05, 0.1) is 37.4 Å². The molecule has 2 aromatic carbocycles. The minimum Gasteiger partial charge on any atom is -0.497 e. The van der Waals surface area contributed by atoms with E-state index < -0.39 is 0 Å². The number of benzene rings is 2. The van der Waals surface area contributed by atoms with Crippen LogP contribution >= 0.6 is 0 Å². The summed E-state index contributed by atoms with van der Waals surface area (Å²) in [5.74, 6) is 1.74. The highest BCUT2D eigenvalue weighted by Gasteiger charge is 2.27. The van der Waals surface area contributed by atoms with Crippen molar-refractivity contribution < 1.29 is 14.3 Å². The Balaban J connectivity index is 1.57. The number of aromatic nitrogens is 2. The topological polar surface area (TPSA) is 77.4 Å². The lowest BCUT2D eigenvalue weighted by Crippen LogP contribution is -2.31. The summed E-state index contributed by atoms with van der Waals surface area (Å²) in [6, 6.07) is 12.1. The molecule has 1 aliphatic rings. The summed E-state index contributed by atoms with van der Waals surface area (Å²) in [4.78, 5) is 13.3. The Morgan fingerprint density at radius 2 is 1.91 bits per heavy atom. The van der Waals surface area contributed by atoms with Crippen LogP contribution in [0.4, 0.5) is 0 Å². The number of amides is 1. The molecule has 0 unspecified atom stereocenters.